The molecule has 1 aromatic rings. The summed E-state index contributed by atoms with van der Waals surface area (Å²) in [6.07, 6.45) is 0. The van der Waals surface area contributed by atoms with Crippen molar-refractivity contribution in [1.82, 2.24) is 10.2 Å². The van der Waals surface area contributed by atoms with Gasteiger partial charge in [-0.05, 0) is 19.5 Å². The summed E-state index contributed by atoms with van der Waals surface area (Å²) in [5.41, 5.74) is 2.74. The van der Waals surface area contributed by atoms with Crippen LogP contribution in [0.3, 0.4) is 0 Å². The van der Waals surface area contributed by atoms with Crippen LogP contribution in [-0.4, -0.2) is 36.2 Å². The Morgan fingerprint density at radius 1 is 1.38 bits per heavy atom. The number of hydrogen-bond acceptors (Lipinski definition) is 3. The lowest BCUT2D eigenvalue weighted by Gasteiger charge is -2.20. The fourth-order valence-electron chi connectivity index (χ4n) is 2.00. The fraction of sp³-hybridized carbons (Fsp3) is 0.538. The van der Waals surface area contributed by atoms with Crippen molar-refractivity contribution >= 4 is 11.8 Å². The maximum Gasteiger partial charge on any atom is 0.0421 e. The molecule has 1 aromatic carbocycles. The van der Waals surface area contributed by atoms with Gasteiger partial charge in [0.2, 0.25) is 0 Å². The normalized spacial score (nSPS) is 20.6. The minimum absolute atomic E-state index is 0.667. The van der Waals surface area contributed by atoms with Crippen LogP contribution < -0.4 is 5.32 Å². The van der Waals surface area contributed by atoms with Gasteiger partial charge in [0.1, 0.15) is 0 Å². The van der Waals surface area contributed by atoms with E-state index in [1.807, 2.05) is 11.8 Å². The molecule has 0 radical (unpaired) electrons. The summed E-state index contributed by atoms with van der Waals surface area (Å²) in [4.78, 5) is 2.40. The topological polar surface area (TPSA) is 15.3 Å². The first-order valence-electron chi connectivity index (χ1n) is 5.79. The van der Waals surface area contributed by atoms with Crippen molar-refractivity contribution in [3.8, 4) is 0 Å². The van der Waals surface area contributed by atoms with Crippen LogP contribution in [-0.2, 0) is 6.54 Å². The summed E-state index contributed by atoms with van der Waals surface area (Å²) >= 11 is 1.99. The number of benzene rings is 1. The molecule has 1 fully saturated rings. The van der Waals surface area contributed by atoms with Crippen molar-refractivity contribution in [2.45, 2.75) is 19.5 Å². The number of likely N-dealkylation sites (N-methyl/N-ethyl adjacent to an activating group) is 1. The Kier molecular flexibility index (Phi) is 4.27. The van der Waals surface area contributed by atoms with Gasteiger partial charge in [-0.1, -0.05) is 29.8 Å². The first-order chi connectivity index (χ1) is 7.74. The van der Waals surface area contributed by atoms with Gasteiger partial charge in [0.25, 0.3) is 0 Å². The highest BCUT2D eigenvalue weighted by atomic mass is 32.2. The van der Waals surface area contributed by atoms with Gasteiger partial charge in [0.05, 0.1) is 0 Å². The van der Waals surface area contributed by atoms with Crippen molar-refractivity contribution in [2.75, 3.05) is 25.2 Å². The molecule has 2 nitrogen and oxygen atoms in total. The Bertz CT molecular complexity index is 317. The summed E-state index contributed by atoms with van der Waals surface area (Å²) in [6.45, 7) is 4.32. The number of nitrogens with zero attached hydrogens (tertiary/aromatic N) is 1. The van der Waals surface area contributed by atoms with Crippen LogP contribution >= 0.6 is 11.8 Å². The Morgan fingerprint density at radius 3 is 2.75 bits per heavy atom. The zero-order valence-electron chi connectivity index (χ0n) is 10.1. The number of nitrogens with one attached hydrogen (secondary N) is 1. The Labute approximate surface area is 102 Å². The SMILES string of the molecule is Cc1ccc(CN(C)CC2CSCN2)cc1. The molecule has 0 aromatic heterocycles. The van der Waals surface area contributed by atoms with Crippen molar-refractivity contribution in [2.24, 2.45) is 0 Å². The molecule has 1 atom stereocenters. The van der Waals surface area contributed by atoms with Crippen LogP contribution in [0.25, 0.3) is 0 Å². The summed E-state index contributed by atoms with van der Waals surface area (Å²) in [7, 11) is 2.20. The lowest BCUT2D eigenvalue weighted by atomic mass is 10.1. The van der Waals surface area contributed by atoms with E-state index in [0.717, 1.165) is 19.0 Å². The second-order valence-corrected chi connectivity index (χ2v) is 5.63. The standard InChI is InChI=1S/C13H20N2S/c1-11-3-5-12(6-4-11)7-15(2)8-13-9-16-10-14-13/h3-6,13-14H,7-10H2,1-2H3. The maximum atomic E-state index is 3.50. The molecule has 0 spiro atoms. The monoisotopic (exact) mass is 236 g/mol. The van der Waals surface area contributed by atoms with E-state index in [4.69, 9.17) is 0 Å². The van der Waals surface area contributed by atoms with Gasteiger partial charge in [0.15, 0.2) is 0 Å². The van der Waals surface area contributed by atoms with Gasteiger partial charge >= 0.3 is 0 Å². The van der Waals surface area contributed by atoms with Crippen molar-refractivity contribution in [1.29, 1.82) is 0 Å². The summed E-state index contributed by atoms with van der Waals surface area (Å²) in [6, 6.07) is 9.49. The maximum absolute atomic E-state index is 3.50. The highest BCUT2D eigenvalue weighted by Gasteiger charge is 2.16. The van der Waals surface area contributed by atoms with Crippen molar-refractivity contribution < 1.29 is 0 Å². The molecule has 0 aliphatic carbocycles. The molecule has 1 unspecified atom stereocenters. The molecule has 1 aliphatic rings. The van der Waals surface area contributed by atoms with Gasteiger partial charge in [0, 0.05) is 30.8 Å². The zero-order valence-corrected chi connectivity index (χ0v) is 10.9. The van der Waals surface area contributed by atoms with Crippen LogP contribution in [0.1, 0.15) is 11.1 Å². The summed E-state index contributed by atoms with van der Waals surface area (Å²) in [5.74, 6) is 2.36. The zero-order chi connectivity index (χ0) is 11.4. The van der Waals surface area contributed by atoms with E-state index in [1.54, 1.807) is 0 Å². The molecule has 1 aliphatic heterocycles. The minimum Gasteiger partial charge on any atom is -0.303 e. The van der Waals surface area contributed by atoms with Crippen molar-refractivity contribution in [3.63, 3.8) is 0 Å². The number of aryl methyl sites for hydroxylation is 1. The molecule has 0 bridgehead atoms. The molecule has 0 amide bonds. The van der Waals surface area contributed by atoms with E-state index in [-0.39, 0.29) is 0 Å². The fourth-order valence-corrected chi connectivity index (χ4v) is 2.98. The number of hydrogen-bond donors (Lipinski definition) is 1. The third-order valence-electron chi connectivity index (χ3n) is 2.90. The minimum atomic E-state index is 0.667. The van der Waals surface area contributed by atoms with Gasteiger partial charge in [-0.3, -0.25) is 0 Å². The molecule has 1 saturated heterocycles. The third-order valence-corrected chi connectivity index (χ3v) is 3.91. The van der Waals surface area contributed by atoms with Crippen LogP contribution in [0.5, 0.6) is 0 Å². The Hall–Kier alpha value is -0.510. The predicted octanol–water partition coefficient (Wildman–Crippen LogP) is 2.09. The highest BCUT2D eigenvalue weighted by Crippen LogP contribution is 2.12. The average Bonchev–Trinajstić information content (AvgIpc) is 2.74. The predicted molar refractivity (Wildman–Crippen MR) is 71.8 cm³/mol. The molecular formula is C13H20N2S. The Balaban J connectivity index is 1.81. The summed E-state index contributed by atoms with van der Waals surface area (Å²) in [5, 5.41) is 3.50. The van der Waals surface area contributed by atoms with Crippen LogP contribution in [0.15, 0.2) is 24.3 Å². The van der Waals surface area contributed by atoms with Crippen LogP contribution in [0.4, 0.5) is 0 Å². The third kappa shape index (κ3) is 3.51. The molecule has 0 saturated carbocycles. The second kappa shape index (κ2) is 5.71. The largest absolute Gasteiger partial charge is 0.303 e. The van der Waals surface area contributed by atoms with E-state index in [2.05, 4.69) is 48.5 Å². The lowest BCUT2D eigenvalue weighted by molar-refractivity contribution is 0.299. The highest BCUT2D eigenvalue weighted by molar-refractivity contribution is 7.99. The average molecular weight is 236 g/mol. The first-order valence-corrected chi connectivity index (χ1v) is 6.95. The molecule has 3 heteroatoms. The molecule has 1 N–H and O–H groups in total. The smallest absolute Gasteiger partial charge is 0.0421 e. The molecule has 1 heterocycles. The number of thioether (sulfide) groups is 1. The van der Waals surface area contributed by atoms with Gasteiger partial charge in [-0.25, -0.2) is 0 Å². The quantitative estimate of drug-likeness (QED) is 0.862. The molecule has 88 valence electrons. The second-order valence-electron chi connectivity index (χ2n) is 4.60. The Morgan fingerprint density at radius 2 is 2.12 bits per heavy atom. The summed E-state index contributed by atoms with van der Waals surface area (Å²) < 4.78 is 0. The van der Waals surface area contributed by atoms with E-state index >= 15 is 0 Å². The van der Waals surface area contributed by atoms with E-state index in [9.17, 15) is 0 Å². The van der Waals surface area contributed by atoms with Gasteiger partial charge in [-0.2, -0.15) is 0 Å². The van der Waals surface area contributed by atoms with Crippen LogP contribution in [0.2, 0.25) is 0 Å². The molecular weight excluding hydrogens is 216 g/mol. The molecule has 2 rings (SSSR count). The van der Waals surface area contributed by atoms with Gasteiger partial charge < -0.3 is 10.2 Å². The number of rotatable bonds is 4. The van der Waals surface area contributed by atoms with Gasteiger partial charge in [-0.15, -0.1) is 11.8 Å². The van der Waals surface area contributed by atoms with E-state index in [1.165, 1.54) is 16.9 Å². The van der Waals surface area contributed by atoms with Crippen LogP contribution in [0, 0.1) is 6.92 Å². The molecule has 16 heavy (non-hydrogen) atoms. The lowest BCUT2D eigenvalue weighted by Crippen LogP contribution is -2.36. The van der Waals surface area contributed by atoms with E-state index in [0.29, 0.717) is 6.04 Å². The first kappa shape index (κ1) is 12.0. The van der Waals surface area contributed by atoms with E-state index < -0.39 is 0 Å². The van der Waals surface area contributed by atoms with Crippen molar-refractivity contribution in [3.05, 3.63) is 35.4 Å².